The Morgan fingerprint density at radius 3 is 2.54 bits per heavy atom. The number of nitrogen functional groups attached to an aromatic ring is 1. The molecule has 0 spiro atoms. The lowest BCUT2D eigenvalue weighted by Gasteiger charge is -2.28. The zero-order chi connectivity index (χ0) is 37.9. The molecular weight excluding hydrogens is 767 g/mol. The number of nitrogens with one attached hydrogen (secondary N) is 2. The van der Waals surface area contributed by atoms with Crippen LogP contribution in [0.4, 0.5) is 11.5 Å². The summed E-state index contributed by atoms with van der Waals surface area (Å²) in [6.07, 6.45) is 5.12. The summed E-state index contributed by atoms with van der Waals surface area (Å²) in [5, 5.41) is 17.4. The van der Waals surface area contributed by atoms with Crippen LogP contribution in [0.1, 0.15) is 92.0 Å². The fourth-order valence-electron chi connectivity index (χ4n) is 5.87. The van der Waals surface area contributed by atoms with E-state index in [0.717, 1.165) is 72.1 Å². The first-order valence-corrected chi connectivity index (χ1v) is 19.2. The summed E-state index contributed by atoms with van der Waals surface area (Å²) in [5.41, 5.74) is 9.58. The molecule has 0 aliphatic carbocycles. The number of para-hydroxylation sites is 1. The minimum atomic E-state index is -0.516. The normalized spacial score (nSPS) is 13.6. The third kappa shape index (κ3) is 12.3. The predicted octanol–water partition coefficient (Wildman–Crippen LogP) is 8.19. The van der Waals surface area contributed by atoms with Crippen LogP contribution in [0.5, 0.6) is 0 Å². The van der Waals surface area contributed by atoms with E-state index in [4.69, 9.17) is 25.2 Å². The standard InChI is InChI=1S/C40H55IN8O3/c1-8-9-19-32-48-34-35(30-17-10-11-18-31(30)47-36(34)43)49(32)21-13-12-20-44-37(46-29-16-14-15-28(22-29)24-42)45-25-40(7,41)27-51-26-39(5,6)23-33(50)52-38(2,3)4/h10-11,14-18,22H,8-9,12-13,19-21,23,25-27H2,1-7H3,(H2,43,47)(H2,44,45,46). The first-order valence-electron chi connectivity index (χ1n) is 18.2. The number of rotatable bonds is 17. The minimum absolute atomic E-state index is 0.226. The molecule has 4 N–H and O–H groups in total. The van der Waals surface area contributed by atoms with E-state index in [0.29, 0.717) is 43.6 Å². The van der Waals surface area contributed by atoms with Gasteiger partial charge in [-0.1, -0.05) is 74.0 Å². The number of guanidine groups is 1. The largest absolute Gasteiger partial charge is 0.460 e. The Morgan fingerprint density at radius 1 is 1.04 bits per heavy atom. The molecule has 4 rings (SSSR count). The first-order chi connectivity index (χ1) is 24.6. The maximum atomic E-state index is 12.4. The van der Waals surface area contributed by atoms with Crippen LogP contribution in [0.3, 0.4) is 0 Å². The zero-order valence-electron chi connectivity index (χ0n) is 31.8. The van der Waals surface area contributed by atoms with Gasteiger partial charge in [-0.05, 0) is 76.6 Å². The lowest BCUT2D eigenvalue weighted by Crippen LogP contribution is -2.36. The number of imidazole rings is 1. The molecule has 2 heterocycles. The second-order valence-corrected chi connectivity index (χ2v) is 18.0. The number of aliphatic imine (C=N–C) groups is 1. The number of aromatic nitrogens is 3. The maximum absolute atomic E-state index is 12.4. The highest BCUT2D eigenvalue weighted by atomic mass is 127. The van der Waals surface area contributed by atoms with Gasteiger partial charge in [-0.2, -0.15) is 5.26 Å². The molecule has 52 heavy (non-hydrogen) atoms. The number of hydrogen-bond acceptors (Lipinski definition) is 8. The summed E-state index contributed by atoms with van der Waals surface area (Å²) < 4.78 is 13.7. The quantitative estimate of drug-likeness (QED) is 0.0239. The lowest BCUT2D eigenvalue weighted by molar-refractivity contribution is -0.158. The smallest absolute Gasteiger partial charge is 0.306 e. The summed E-state index contributed by atoms with van der Waals surface area (Å²) in [6, 6.07) is 17.7. The summed E-state index contributed by atoms with van der Waals surface area (Å²) in [5.74, 6) is 1.92. The number of benzene rings is 2. The van der Waals surface area contributed by atoms with Gasteiger partial charge in [0, 0.05) is 30.6 Å². The Balaban J connectivity index is 1.41. The molecule has 0 bridgehead atoms. The number of fused-ring (bicyclic) bond motifs is 3. The van der Waals surface area contributed by atoms with Gasteiger partial charge in [-0.3, -0.25) is 9.79 Å². The zero-order valence-corrected chi connectivity index (χ0v) is 34.0. The highest BCUT2D eigenvalue weighted by Crippen LogP contribution is 2.30. The number of pyridine rings is 1. The van der Waals surface area contributed by atoms with Gasteiger partial charge < -0.3 is 30.4 Å². The number of halogens is 1. The SMILES string of the molecule is CCCCc1nc2c(N)nc3ccccc3c2n1CCCCNC(=NCC(C)(I)COCC(C)(C)CC(=O)OC(C)(C)C)Nc1cccc(C#N)c1. The van der Waals surface area contributed by atoms with E-state index in [9.17, 15) is 10.1 Å². The number of aryl methyl sites for hydroxylation is 2. The van der Waals surface area contributed by atoms with E-state index in [1.165, 1.54) is 0 Å². The van der Waals surface area contributed by atoms with Crippen molar-refractivity contribution in [3.63, 3.8) is 0 Å². The molecule has 0 aliphatic heterocycles. The van der Waals surface area contributed by atoms with E-state index in [2.05, 4.69) is 68.8 Å². The van der Waals surface area contributed by atoms with Crippen molar-refractivity contribution in [3.8, 4) is 6.07 Å². The highest BCUT2D eigenvalue weighted by Gasteiger charge is 2.28. The Kier molecular flexibility index (Phi) is 14.3. The van der Waals surface area contributed by atoms with Gasteiger partial charge in [-0.15, -0.1) is 0 Å². The van der Waals surface area contributed by atoms with Crippen LogP contribution in [0, 0.1) is 16.7 Å². The Bertz CT molecular complexity index is 1890. The number of nitrogens with two attached hydrogens (primary N) is 1. The molecule has 0 fully saturated rings. The van der Waals surface area contributed by atoms with Crippen molar-refractivity contribution in [2.75, 3.05) is 37.4 Å². The van der Waals surface area contributed by atoms with E-state index < -0.39 is 5.60 Å². The molecule has 1 atom stereocenters. The minimum Gasteiger partial charge on any atom is -0.460 e. The number of ether oxygens (including phenoxy) is 2. The molecule has 0 saturated heterocycles. The van der Waals surface area contributed by atoms with Gasteiger partial charge in [0.05, 0.1) is 52.3 Å². The van der Waals surface area contributed by atoms with Gasteiger partial charge in [0.2, 0.25) is 0 Å². The van der Waals surface area contributed by atoms with Crippen LogP contribution in [-0.4, -0.2) is 61.8 Å². The number of hydrogen-bond donors (Lipinski definition) is 3. The third-order valence-corrected chi connectivity index (χ3v) is 8.96. The molecule has 4 aromatic rings. The topological polar surface area (TPSA) is 152 Å². The number of anilines is 2. The first kappa shape index (κ1) is 40.8. The van der Waals surface area contributed by atoms with Crippen molar-refractivity contribution in [3.05, 3.63) is 59.9 Å². The number of carbonyl (C=O) groups is 1. The van der Waals surface area contributed by atoms with Crippen LogP contribution in [-0.2, 0) is 27.2 Å². The molecule has 2 aromatic carbocycles. The molecule has 0 radical (unpaired) electrons. The van der Waals surface area contributed by atoms with Gasteiger partial charge >= 0.3 is 5.97 Å². The average molecular weight is 823 g/mol. The summed E-state index contributed by atoms with van der Waals surface area (Å²) in [7, 11) is 0. The van der Waals surface area contributed by atoms with Crippen molar-refractivity contribution < 1.29 is 14.3 Å². The second kappa shape index (κ2) is 18.2. The summed E-state index contributed by atoms with van der Waals surface area (Å²) in [4.78, 5) is 27.0. The predicted molar refractivity (Wildman–Crippen MR) is 220 cm³/mol. The maximum Gasteiger partial charge on any atom is 0.306 e. The fourth-order valence-corrected chi connectivity index (χ4v) is 6.26. The van der Waals surface area contributed by atoms with Gasteiger partial charge in [0.15, 0.2) is 11.8 Å². The van der Waals surface area contributed by atoms with E-state index in [1.807, 2.05) is 71.0 Å². The van der Waals surface area contributed by atoms with E-state index in [1.54, 1.807) is 6.07 Å². The summed E-state index contributed by atoms with van der Waals surface area (Å²) in [6.45, 7) is 16.8. The van der Waals surface area contributed by atoms with Crippen LogP contribution in [0.25, 0.3) is 21.9 Å². The van der Waals surface area contributed by atoms with E-state index in [-0.39, 0.29) is 21.2 Å². The van der Waals surface area contributed by atoms with E-state index >= 15 is 0 Å². The van der Waals surface area contributed by atoms with Crippen LogP contribution < -0.4 is 16.4 Å². The van der Waals surface area contributed by atoms with Crippen LogP contribution in [0.15, 0.2) is 53.5 Å². The number of alkyl halides is 1. The average Bonchev–Trinajstić information content (AvgIpc) is 3.43. The number of carbonyl (C=O) groups excluding carboxylic acids is 1. The van der Waals surface area contributed by atoms with Crippen molar-refractivity contribution in [2.45, 2.75) is 103 Å². The Labute approximate surface area is 322 Å². The second-order valence-electron chi connectivity index (χ2n) is 15.4. The fraction of sp³-hybridized carbons (Fsp3) is 0.525. The molecule has 2 aromatic heterocycles. The van der Waals surface area contributed by atoms with Crippen LogP contribution in [0.2, 0.25) is 0 Å². The molecule has 0 aliphatic rings. The van der Waals surface area contributed by atoms with Gasteiger partial charge in [0.25, 0.3) is 0 Å². The number of nitriles is 1. The lowest BCUT2D eigenvalue weighted by atomic mass is 9.90. The summed E-state index contributed by atoms with van der Waals surface area (Å²) >= 11 is 2.39. The van der Waals surface area contributed by atoms with Crippen molar-refractivity contribution in [1.82, 2.24) is 19.9 Å². The molecule has 12 heteroatoms. The molecule has 11 nitrogen and oxygen atoms in total. The molecule has 280 valence electrons. The van der Waals surface area contributed by atoms with Crippen molar-refractivity contribution >= 4 is 68.0 Å². The number of esters is 1. The number of nitrogens with zero attached hydrogens (tertiary/aromatic N) is 5. The van der Waals surface area contributed by atoms with Gasteiger partial charge in [0.1, 0.15) is 16.9 Å². The monoisotopic (exact) mass is 822 g/mol. The highest BCUT2D eigenvalue weighted by molar-refractivity contribution is 14.1. The number of unbranched alkanes of at least 4 members (excludes halogenated alkanes) is 2. The van der Waals surface area contributed by atoms with Crippen molar-refractivity contribution in [1.29, 1.82) is 5.26 Å². The Hall–Kier alpha value is -3.96. The molecule has 1 unspecified atom stereocenters. The molecule has 0 amide bonds. The van der Waals surface area contributed by atoms with Crippen molar-refractivity contribution in [2.24, 2.45) is 10.4 Å². The Morgan fingerprint density at radius 2 is 1.81 bits per heavy atom. The molecular formula is C40H55IN8O3. The van der Waals surface area contributed by atoms with Crippen LogP contribution >= 0.6 is 22.6 Å². The van der Waals surface area contributed by atoms with Gasteiger partial charge in [-0.25, -0.2) is 9.97 Å². The third-order valence-electron chi connectivity index (χ3n) is 8.30. The molecule has 0 saturated carbocycles.